The van der Waals surface area contributed by atoms with Gasteiger partial charge in [0.15, 0.2) is 5.82 Å². The maximum absolute atomic E-state index is 6.13. The second kappa shape index (κ2) is 8.23. The maximum atomic E-state index is 6.13. The lowest BCUT2D eigenvalue weighted by molar-refractivity contribution is 0.224. The number of benzene rings is 2. The highest BCUT2D eigenvalue weighted by Crippen LogP contribution is 2.30. The van der Waals surface area contributed by atoms with Crippen LogP contribution >= 0.6 is 23.2 Å². The summed E-state index contributed by atoms with van der Waals surface area (Å²) in [6.45, 7) is 2.48. The Labute approximate surface area is 185 Å². The molecule has 0 atom stereocenters. The maximum Gasteiger partial charge on any atom is 0.159 e. The standard InChI is InChI=1S/C24H19Cl2N3O/c25-20-8-6-17(12-21(20)26)23-9-7-19(30-23)15-29-11-10-22-18(14-29)13-27-24(28-22)16-4-2-1-3-5-16/h1-9,12-13H,10-11,14-15H2. The molecule has 0 N–H and O–H groups in total. The van der Waals surface area contributed by atoms with Crippen LogP contribution < -0.4 is 0 Å². The number of furan rings is 1. The first-order chi connectivity index (χ1) is 14.7. The summed E-state index contributed by atoms with van der Waals surface area (Å²) in [5, 5.41) is 1.06. The number of nitrogens with zero attached hydrogens (tertiary/aromatic N) is 3. The van der Waals surface area contributed by atoms with E-state index in [0.29, 0.717) is 10.0 Å². The van der Waals surface area contributed by atoms with E-state index in [1.807, 2.05) is 60.8 Å². The van der Waals surface area contributed by atoms with E-state index >= 15 is 0 Å². The van der Waals surface area contributed by atoms with Crippen molar-refractivity contribution in [3.05, 3.63) is 93.9 Å². The highest BCUT2D eigenvalue weighted by atomic mass is 35.5. The summed E-state index contributed by atoms with van der Waals surface area (Å²) >= 11 is 12.1. The molecule has 4 aromatic rings. The van der Waals surface area contributed by atoms with Crippen LogP contribution in [0.1, 0.15) is 17.0 Å². The fourth-order valence-electron chi connectivity index (χ4n) is 3.72. The Morgan fingerprint density at radius 1 is 0.933 bits per heavy atom. The summed E-state index contributed by atoms with van der Waals surface area (Å²) in [4.78, 5) is 11.7. The highest BCUT2D eigenvalue weighted by molar-refractivity contribution is 6.42. The van der Waals surface area contributed by atoms with Gasteiger partial charge in [-0.3, -0.25) is 4.90 Å². The Morgan fingerprint density at radius 3 is 2.63 bits per heavy atom. The number of hydrogen-bond acceptors (Lipinski definition) is 4. The van der Waals surface area contributed by atoms with Gasteiger partial charge in [-0.1, -0.05) is 53.5 Å². The van der Waals surface area contributed by atoms with Crippen molar-refractivity contribution < 1.29 is 4.42 Å². The molecule has 0 spiro atoms. The van der Waals surface area contributed by atoms with Gasteiger partial charge in [0, 0.05) is 42.4 Å². The van der Waals surface area contributed by atoms with Crippen LogP contribution in [-0.2, 0) is 19.5 Å². The monoisotopic (exact) mass is 435 g/mol. The van der Waals surface area contributed by atoms with Crippen LogP contribution in [0.15, 0.2) is 71.3 Å². The normalized spacial score (nSPS) is 13.9. The van der Waals surface area contributed by atoms with Gasteiger partial charge in [-0.05, 0) is 30.3 Å². The molecule has 1 aliphatic heterocycles. The molecule has 0 unspecified atom stereocenters. The largest absolute Gasteiger partial charge is 0.460 e. The third-order valence-corrected chi connectivity index (χ3v) is 6.03. The molecule has 0 saturated heterocycles. The van der Waals surface area contributed by atoms with Crippen LogP contribution in [0.25, 0.3) is 22.7 Å². The minimum atomic E-state index is 0.523. The predicted molar refractivity (Wildman–Crippen MR) is 119 cm³/mol. The lowest BCUT2D eigenvalue weighted by Crippen LogP contribution is -2.30. The number of halogens is 2. The van der Waals surface area contributed by atoms with Gasteiger partial charge in [0.1, 0.15) is 11.5 Å². The van der Waals surface area contributed by atoms with Crippen molar-refractivity contribution in [2.45, 2.75) is 19.5 Å². The molecule has 6 heteroatoms. The van der Waals surface area contributed by atoms with E-state index in [1.54, 1.807) is 6.07 Å². The molecular weight excluding hydrogens is 417 g/mol. The zero-order valence-electron chi connectivity index (χ0n) is 16.2. The number of hydrogen-bond donors (Lipinski definition) is 0. The summed E-state index contributed by atoms with van der Waals surface area (Å²) in [6.07, 6.45) is 2.86. The molecule has 0 saturated carbocycles. The molecular formula is C24H19Cl2N3O. The lowest BCUT2D eigenvalue weighted by atomic mass is 10.1. The van der Waals surface area contributed by atoms with Gasteiger partial charge in [-0.25, -0.2) is 9.97 Å². The first kappa shape index (κ1) is 19.3. The summed E-state index contributed by atoms with van der Waals surface area (Å²) < 4.78 is 6.06. The van der Waals surface area contributed by atoms with Crippen molar-refractivity contribution in [1.82, 2.24) is 14.9 Å². The van der Waals surface area contributed by atoms with E-state index in [2.05, 4.69) is 9.88 Å². The topological polar surface area (TPSA) is 42.2 Å². The molecule has 0 aliphatic carbocycles. The van der Waals surface area contributed by atoms with E-state index in [-0.39, 0.29) is 0 Å². The molecule has 0 amide bonds. The third kappa shape index (κ3) is 3.99. The van der Waals surface area contributed by atoms with Crippen molar-refractivity contribution in [1.29, 1.82) is 0 Å². The first-order valence-electron chi connectivity index (χ1n) is 9.82. The summed E-state index contributed by atoms with van der Waals surface area (Å²) in [7, 11) is 0. The van der Waals surface area contributed by atoms with Crippen molar-refractivity contribution in [3.63, 3.8) is 0 Å². The SMILES string of the molecule is Clc1ccc(-c2ccc(CN3CCc4nc(-c5ccccc5)ncc4C3)o2)cc1Cl. The summed E-state index contributed by atoms with van der Waals surface area (Å²) in [5.41, 5.74) is 4.28. The van der Waals surface area contributed by atoms with Gasteiger partial charge >= 0.3 is 0 Å². The van der Waals surface area contributed by atoms with E-state index in [4.69, 9.17) is 32.6 Å². The van der Waals surface area contributed by atoms with Gasteiger partial charge in [0.25, 0.3) is 0 Å². The fourth-order valence-corrected chi connectivity index (χ4v) is 4.02. The van der Waals surface area contributed by atoms with E-state index < -0.39 is 0 Å². The number of fused-ring (bicyclic) bond motifs is 1. The van der Waals surface area contributed by atoms with Gasteiger partial charge in [0.05, 0.1) is 22.3 Å². The summed E-state index contributed by atoms with van der Waals surface area (Å²) in [5.74, 6) is 2.50. The first-order valence-corrected chi connectivity index (χ1v) is 10.6. The predicted octanol–water partition coefficient (Wildman–Crippen LogP) is 6.27. The smallest absolute Gasteiger partial charge is 0.159 e. The summed E-state index contributed by atoms with van der Waals surface area (Å²) in [6, 6.07) is 19.6. The van der Waals surface area contributed by atoms with Gasteiger partial charge in [-0.2, -0.15) is 0 Å². The average molecular weight is 436 g/mol. The molecule has 2 aromatic heterocycles. The van der Waals surface area contributed by atoms with Gasteiger partial charge in [0.2, 0.25) is 0 Å². The highest BCUT2D eigenvalue weighted by Gasteiger charge is 2.20. The molecule has 1 aliphatic rings. The molecule has 5 rings (SSSR count). The molecule has 30 heavy (non-hydrogen) atoms. The second-order valence-corrected chi connectivity index (χ2v) is 8.20. The molecule has 4 nitrogen and oxygen atoms in total. The number of rotatable bonds is 4. The van der Waals surface area contributed by atoms with Gasteiger partial charge in [-0.15, -0.1) is 0 Å². The Balaban J connectivity index is 1.29. The Hall–Kier alpha value is -2.66. The number of aromatic nitrogens is 2. The van der Waals surface area contributed by atoms with E-state index in [1.165, 1.54) is 5.56 Å². The minimum Gasteiger partial charge on any atom is -0.460 e. The van der Waals surface area contributed by atoms with E-state index in [0.717, 1.165) is 60.2 Å². The van der Waals surface area contributed by atoms with Crippen molar-refractivity contribution in [2.24, 2.45) is 0 Å². The Morgan fingerprint density at radius 2 is 1.80 bits per heavy atom. The zero-order chi connectivity index (χ0) is 20.5. The van der Waals surface area contributed by atoms with Crippen LogP contribution in [0.2, 0.25) is 10.0 Å². The van der Waals surface area contributed by atoms with Gasteiger partial charge < -0.3 is 4.42 Å². The lowest BCUT2D eigenvalue weighted by Gasteiger charge is -2.27. The van der Waals surface area contributed by atoms with Crippen LogP contribution in [0, 0.1) is 0 Å². The van der Waals surface area contributed by atoms with Crippen molar-refractivity contribution >= 4 is 23.2 Å². The molecule has 2 aromatic carbocycles. The van der Waals surface area contributed by atoms with Crippen LogP contribution in [0.3, 0.4) is 0 Å². The minimum absolute atomic E-state index is 0.523. The Bertz CT molecular complexity index is 1190. The van der Waals surface area contributed by atoms with Crippen LogP contribution in [0.5, 0.6) is 0 Å². The molecule has 0 fully saturated rings. The molecule has 0 bridgehead atoms. The zero-order valence-corrected chi connectivity index (χ0v) is 17.7. The molecule has 0 radical (unpaired) electrons. The Kier molecular flexibility index (Phi) is 5.30. The van der Waals surface area contributed by atoms with Crippen molar-refractivity contribution in [3.8, 4) is 22.7 Å². The van der Waals surface area contributed by atoms with Crippen LogP contribution in [0.4, 0.5) is 0 Å². The van der Waals surface area contributed by atoms with E-state index in [9.17, 15) is 0 Å². The van der Waals surface area contributed by atoms with Crippen molar-refractivity contribution in [2.75, 3.05) is 6.54 Å². The third-order valence-electron chi connectivity index (χ3n) is 5.29. The van der Waals surface area contributed by atoms with Crippen LogP contribution in [-0.4, -0.2) is 21.4 Å². The second-order valence-electron chi connectivity index (χ2n) is 7.39. The average Bonchev–Trinajstić information content (AvgIpc) is 3.24. The molecule has 3 heterocycles. The quantitative estimate of drug-likeness (QED) is 0.378. The molecule has 150 valence electrons. The fraction of sp³-hybridized carbons (Fsp3) is 0.167.